The van der Waals surface area contributed by atoms with E-state index in [2.05, 4.69) is 10.6 Å². The average molecular weight is 526 g/mol. The van der Waals surface area contributed by atoms with Crippen molar-refractivity contribution in [3.8, 4) is 5.75 Å². The number of phenolic OH excluding ortho intramolecular Hbond substituents is 1. The molecule has 0 heterocycles. The fourth-order valence-electron chi connectivity index (χ4n) is 4.00. The molecule has 0 bridgehead atoms. The van der Waals surface area contributed by atoms with Gasteiger partial charge in [-0.1, -0.05) is 55.8 Å². The van der Waals surface area contributed by atoms with E-state index in [1.165, 1.54) is 17.0 Å². The maximum absolute atomic E-state index is 14.2. The average Bonchev–Trinajstić information content (AvgIpc) is 2.79. The number of carbonyl (C=O) groups is 3. The number of ether oxygens (including phenoxy) is 1. The van der Waals surface area contributed by atoms with Crippen molar-refractivity contribution in [2.45, 2.75) is 91.0 Å². The molecule has 8 nitrogen and oxygen atoms in total. The van der Waals surface area contributed by atoms with Crippen LogP contribution in [-0.4, -0.2) is 51.6 Å². The first-order valence-electron chi connectivity index (χ1n) is 13.1. The zero-order valence-electron chi connectivity index (χ0n) is 23.7. The molecule has 0 aromatic heterocycles. The molecule has 2 unspecified atom stereocenters. The van der Waals surface area contributed by atoms with E-state index in [0.29, 0.717) is 12.0 Å². The number of hydrogen-bond donors (Lipinski definition) is 3. The highest BCUT2D eigenvalue weighted by Crippen LogP contribution is 2.27. The Kier molecular flexibility index (Phi) is 10.7. The second-order valence-electron chi connectivity index (χ2n) is 11.5. The van der Waals surface area contributed by atoms with E-state index in [0.717, 1.165) is 12.0 Å². The lowest BCUT2D eigenvalue weighted by atomic mass is 9.98. The standard InChI is InChI=1S/C30H43N3O5/c1-8-9-18-33(25(26(35)32-29(2,3)4)22-16-13-17-23(34)20-22)27(36)24(19-21-14-11-10-12-15-21)31-28(37)38-30(5,6)7/h10-17,20,24-25,34H,8-9,18-19H2,1-7H3,(H,31,37)(H,32,35). The van der Waals surface area contributed by atoms with Gasteiger partial charge < -0.3 is 25.4 Å². The zero-order chi connectivity index (χ0) is 28.5. The number of hydrogen-bond acceptors (Lipinski definition) is 5. The summed E-state index contributed by atoms with van der Waals surface area (Å²) in [6, 6.07) is 13.7. The summed E-state index contributed by atoms with van der Waals surface area (Å²) < 4.78 is 5.46. The van der Waals surface area contributed by atoms with Crippen LogP contribution >= 0.6 is 0 Å². The third-order valence-corrected chi connectivity index (χ3v) is 5.55. The fraction of sp³-hybridized carbons (Fsp3) is 0.500. The van der Waals surface area contributed by atoms with E-state index >= 15 is 0 Å². The molecule has 38 heavy (non-hydrogen) atoms. The normalized spacial score (nSPS) is 13.2. The van der Waals surface area contributed by atoms with Gasteiger partial charge in [0.25, 0.3) is 0 Å². The van der Waals surface area contributed by atoms with Crippen molar-refractivity contribution in [3.05, 3.63) is 65.7 Å². The van der Waals surface area contributed by atoms with E-state index < -0.39 is 35.2 Å². The van der Waals surface area contributed by atoms with Crippen molar-refractivity contribution < 1.29 is 24.2 Å². The summed E-state index contributed by atoms with van der Waals surface area (Å²) in [6.45, 7) is 13.1. The van der Waals surface area contributed by atoms with Gasteiger partial charge in [0.2, 0.25) is 11.8 Å². The number of amides is 3. The minimum atomic E-state index is -1.01. The lowest BCUT2D eigenvalue weighted by Gasteiger charge is -2.36. The maximum Gasteiger partial charge on any atom is 0.408 e. The molecule has 0 saturated heterocycles. The summed E-state index contributed by atoms with van der Waals surface area (Å²) in [4.78, 5) is 42.2. The zero-order valence-corrected chi connectivity index (χ0v) is 23.7. The van der Waals surface area contributed by atoms with Gasteiger partial charge in [0.1, 0.15) is 23.4 Å². The molecular formula is C30H43N3O5. The number of carbonyl (C=O) groups excluding carboxylic acids is 3. The highest BCUT2D eigenvalue weighted by Gasteiger charge is 2.37. The smallest absolute Gasteiger partial charge is 0.408 e. The van der Waals surface area contributed by atoms with Gasteiger partial charge >= 0.3 is 6.09 Å². The van der Waals surface area contributed by atoms with Crippen LogP contribution in [0.5, 0.6) is 5.75 Å². The van der Waals surface area contributed by atoms with Crippen molar-refractivity contribution in [2.75, 3.05) is 6.54 Å². The predicted octanol–water partition coefficient (Wildman–Crippen LogP) is 5.11. The summed E-state index contributed by atoms with van der Waals surface area (Å²) in [5, 5.41) is 15.9. The molecule has 0 aliphatic carbocycles. The molecule has 3 N–H and O–H groups in total. The van der Waals surface area contributed by atoms with Crippen molar-refractivity contribution >= 4 is 17.9 Å². The third-order valence-electron chi connectivity index (χ3n) is 5.55. The van der Waals surface area contributed by atoms with Crippen LogP contribution in [0.15, 0.2) is 54.6 Å². The quantitative estimate of drug-likeness (QED) is 0.399. The van der Waals surface area contributed by atoms with Gasteiger partial charge in [-0.2, -0.15) is 0 Å². The summed E-state index contributed by atoms with van der Waals surface area (Å²) in [7, 11) is 0. The Balaban J connectivity index is 2.55. The second-order valence-corrected chi connectivity index (χ2v) is 11.5. The first kappa shape index (κ1) is 30.7. The number of nitrogens with zero attached hydrogens (tertiary/aromatic N) is 1. The van der Waals surface area contributed by atoms with Gasteiger partial charge in [0, 0.05) is 18.5 Å². The van der Waals surface area contributed by atoms with Gasteiger partial charge in [-0.3, -0.25) is 9.59 Å². The highest BCUT2D eigenvalue weighted by molar-refractivity contribution is 5.92. The molecule has 3 amide bonds. The van der Waals surface area contributed by atoms with Crippen molar-refractivity contribution in [1.82, 2.24) is 15.5 Å². The largest absolute Gasteiger partial charge is 0.508 e. The number of unbranched alkanes of at least 4 members (excludes halogenated alkanes) is 1. The molecule has 208 valence electrons. The summed E-state index contributed by atoms with van der Waals surface area (Å²) >= 11 is 0. The van der Waals surface area contributed by atoms with Gasteiger partial charge in [-0.05, 0) is 71.2 Å². The Morgan fingerprint density at radius 1 is 0.974 bits per heavy atom. The lowest BCUT2D eigenvalue weighted by molar-refractivity contribution is -0.143. The number of aromatic hydroxyl groups is 1. The number of benzene rings is 2. The van der Waals surface area contributed by atoms with Crippen LogP contribution < -0.4 is 10.6 Å². The van der Waals surface area contributed by atoms with Gasteiger partial charge in [0.05, 0.1) is 0 Å². The number of alkyl carbamates (subject to hydrolysis) is 1. The molecule has 8 heteroatoms. The van der Waals surface area contributed by atoms with Crippen LogP contribution in [0.25, 0.3) is 0 Å². The molecule has 2 aromatic carbocycles. The van der Waals surface area contributed by atoms with E-state index in [4.69, 9.17) is 4.74 Å². The maximum atomic E-state index is 14.2. The monoisotopic (exact) mass is 525 g/mol. The molecule has 0 aliphatic rings. The molecule has 2 atom stereocenters. The van der Waals surface area contributed by atoms with E-state index in [9.17, 15) is 19.5 Å². The first-order chi connectivity index (χ1) is 17.7. The van der Waals surface area contributed by atoms with Gasteiger partial charge in [0.15, 0.2) is 0 Å². The molecule has 2 aromatic rings. The van der Waals surface area contributed by atoms with Crippen LogP contribution in [0.2, 0.25) is 0 Å². The minimum Gasteiger partial charge on any atom is -0.508 e. The SMILES string of the molecule is CCCCN(C(=O)C(Cc1ccccc1)NC(=O)OC(C)(C)C)C(C(=O)NC(C)(C)C)c1cccc(O)c1. The van der Waals surface area contributed by atoms with E-state index in [1.54, 1.807) is 32.9 Å². The molecule has 0 aliphatic heterocycles. The second kappa shape index (κ2) is 13.3. The topological polar surface area (TPSA) is 108 Å². The van der Waals surface area contributed by atoms with Gasteiger partial charge in [-0.25, -0.2) is 4.79 Å². The Hall–Kier alpha value is -3.55. The Morgan fingerprint density at radius 3 is 2.18 bits per heavy atom. The summed E-state index contributed by atoms with van der Waals surface area (Å²) in [5.74, 6) is -0.791. The lowest BCUT2D eigenvalue weighted by Crippen LogP contribution is -2.55. The van der Waals surface area contributed by atoms with Crippen LogP contribution in [0.1, 0.15) is 78.5 Å². The molecule has 0 spiro atoms. The van der Waals surface area contributed by atoms with Crippen LogP contribution in [0.3, 0.4) is 0 Å². The Morgan fingerprint density at radius 2 is 1.63 bits per heavy atom. The molecular weight excluding hydrogens is 482 g/mol. The molecule has 0 fully saturated rings. The number of rotatable bonds is 10. The molecule has 2 rings (SSSR count). The Bertz CT molecular complexity index is 1070. The molecule has 0 radical (unpaired) electrons. The number of nitrogens with one attached hydrogen (secondary N) is 2. The van der Waals surface area contributed by atoms with Crippen LogP contribution in [0.4, 0.5) is 4.79 Å². The molecule has 0 saturated carbocycles. The van der Waals surface area contributed by atoms with Crippen molar-refractivity contribution in [1.29, 1.82) is 0 Å². The van der Waals surface area contributed by atoms with E-state index in [-0.39, 0.29) is 24.6 Å². The first-order valence-corrected chi connectivity index (χ1v) is 13.1. The Labute approximate surface area is 226 Å². The van der Waals surface area contributed by atoms with Crippen LogP contribution in [0, 0.1) is 0 Å². The van der Waals surface area contributed by atoms with Gasteiger partial charge in [-0.15, -0.1) is 0 Å². The highest BCUT2D eigenvalue weighted by atomic mass is 16.6. The summed E-state index contributed by atoms with van der Waals surface area (Å²) in [5.41, 5.74) is 0.0321. The number of phenols is 1. The van der Waals surface area contributed by atoms with Crippen molar-refractivity contribution in [2.24, 2.45) is 0 Å². The fourth-order valence-corrected chi connectivity index (χ4v) is 4.00. The summed E-state index contributed by atoms with van der Waals surface area (Å²) in [6.07, 6.45) is 0.944. The predicted molar refractivity (Wildman–Crippen MR) is 149 cm³/mol. The van der Waals surface area contributed by atoms with Crippen LogP contribution in [-0.2, 0) is 20.7 Å². The van der Waals surface area contributed by atoms with E-state index in [1.807, 2.05) is 58.0 Å². The minimum absolute atomic E-state index is 0.00772. The third kappa shape index (κ3) is 10.1. The van der Waals surface area contributed by atoms with Crippen molar-refractivity contribution in [3.63, 3.8) is 0 Å².